The number of nitrogens with one attached hydrogen (secondary N) is 1. The molecule has 0 bridgehead atoms. The molecular formula is C16H22N4O3S. The monoisotopic (exact) mass is 350 g/mol. The zero-order valence-electron chi connectivity index (χ0n) is 14.4. The molecule has 3 heterocycles. The molecule has 1 amide bonds. The fourth-order valence-corrected chi connectivity index (χ4v) is 3.99. The van der Waals surface area contributed by atoms with Crippen LogP contribution in [0.2, 0.25) is 0 Å². The van der Waals surface area contributed by atoms with Crippen molar-refractivity contribution in [2.75, 3.05) is 18.4 Å². The van der Waals surface area contributed by atoms with Crippen molar-refractivity contribution in [3.63, 3.8) is 0 Å². The van der Waals surface area contributed by atoms with Crippen molar-refractivity contribution in [1.29, 1.82) is 0 Å². The van der Waals surface area contributed by atoms with Crippen LogP contribution >= 0.6 is 11.3 Å². The normalized spacial score (nSPS) is 15.2. The summed E-state index contributed by atoms with van der Waals surface area (Å²) in [5, 5.41) is 11.4. The third-order valence-corrected chi connectivity index (χ3v) is 4.90. The summed E-state index contributed by atoms with van der Waals surface area (Å²) in [6, 6.07) is 0. The topological polar surface area (TPSA) is 80.5 Å². The van der Waals surface area contributed by atoms with Gasteiger partial charge in [-0.2, -0.15) is 0 Å². The van der Waals surface area contributed by atoms with E-state index in [1.165, 1.54) is 16.8 Å². The number of aromatic nitrogens is 2. The molecule has 0 aromatic carbocycles. The van der Waals surface area contributed by atoms with E-state index in [1.54, 1.807) is 11.3 Å². The molecule has 7 nitrogen and oxygen atoms in total. The lowest BCUT2D eigenvalue weighted by atomic mass is 10.0. The van der Waals surface area contributed by atoms with Crippen LogP contribution in [0.4, 0.5) is 9.80 Å². The highest BCUT2D eigenvalue weighted by molar-refractivity contribution is 7.17. The summed E-state index contributed by atoms with van der Waals surface area (Å²) < 4.78 is 10.8. The van der Waals surface area contributed by atoms with Gasteiger partial charge in [-0.05, 0) is 39.3 Å². The highest BCUT2D eigenvalue weighted by Gasteiger charge is 2.28. The average molecular weight is 350 g/mol. The number of hydrogen-bond donors (Lipinski definition) is 1. The van der Waals surface area contributed by atoms with Crippen LogP contribution < -0.4 is 5.32 Å². The van der Waals surface area contributed by atoms with Crippen LogP contribution in [0.25, 0.3) is 11.5 Å². The van der Waals surface area contributed by atoms with Crippen LogP contribution in [-0.2, 0) is 17.7 Å². The van der Waals surface area contributed by atoms with Crippen molar-refractivity contribution in [3.8, 4) is 11.5 Å². The Morgan fingerprint density at radius 3 is 2.92 bits per heavy atom. The number of ether oxygens (including phenoxy) is 1. The Bertz CT molecular complexity index is 719. The van der Waals surface area contributed by atoms with Gasteiger partial charge < -0.3 is 9.15 Å². The maximum atomic E-state index is 12.2. The van der Waals surface area contributed by atoms with Gasteiger partial charge in [-0.1, -0.05) is 6.92 Å². The van der Waals surface area contributed by atoms with Crippen molar-refractivity contribution in [2.45, 2.75) is 46.3 Å². The lowest BCUT2D eigenvalue weighted by Crippen LogP contribution is -2.29. The maximum Gasteiger partial charge on any atom is 0.412 e. The van der Waals surface area contributed by atoms with E-state index in [2.05, 4.69) is 27.3 Å². The Morgan fingerprint density at radius 1 is 1.50 bits per heavy atom. The quantitative estimate of drug-likeness (QED) is 0.912. The number of likely N-dealkylation sites (N-methyl/N-ethyl adjacent to an activating group) is 1. The van der Waals surface area contributed by atoms with Crippen LogP contribution in [0.3, 0.4) is 0 Å². The Kier molecular flexibility index (Phi) is 4.60. The molecule has 0 radical (unpaired) electrons. The molecule has 1 N–H and O–H groups in total. The zero-order chi connectivity index (χ0) is 17.3. The van der Waals surface area contributed by atoms with E-state index in [0.29, 0.717) is 10.9 Å². The third-order valence-electron chi connectivity index (χ3n) is 3.77. The second-order valence-corrected chi connectivity index (χ2v) is 7.80. The summed E-state index contributed by atoms with van der Waals surface area (Å²) in [5.74, 6) is 0.434. The van der Waals surface area contributed by atoms with Gasteiger partial charge in [-0.25, -0.2) is 4.79 Å². The summed E-state index contributed by atoms with van der Waals surface area (Å²) in [4.78, 5) is 15.8. The Balaban J connectivity index is 1.93. The summed E-state index contributed by atoms with van der Waals surface area (Å²) >= 11 is 1.55. The SMILES string of the molecule is CCN1CCc2c(sc(NC(=O)OC(C)(C)C)c2-c2nnco2)C1. The van der Waals surface area contributed by atoms with E-state index < -0.39 is 11.7 Å². The van der Waals surface area contributed by atoms with Gasteiger partial charge in [0.25, 0.3) is 5.89 Å². The number of amides is 1. The van der Waals surface area contributed by atoms with Crippen molar-refractivity contribution >= 4 is 22.4 Å². The fourth-order valence-electron chi connectivity index (χ4n) is 2.72. The van der Waals surface area contributed by atoms with E-state index in [0.717, 1.165) is 31.6 Å². The lowest BCUT2D eigenvalue weighted by Gasteiger charge is -2.25. The predicted molar refractivity (Wildman–Crippen MR) is 92.1 cm³/mol. The molecule has 0 saturated carbocycles. The molecule has 130 valence electrons. The van der Waals surface area contributed by atoms with Gasteiger partial charge in [-0.15, -0.1) is 21.5 Å². The standard InChI is InChI=1S/C16H22N4O3S/c1-5-20-7-6-10-11(8-20)24-14(12(10)13-19-17-9-22-13)18-15(21)23-16(2,3)4/h9H,5-8H2,1-4H3,(H,18,21). The van der Waals surface area contributed by atoms with E-state index >= 15 is 0 Å². The largest absolute Gasteiger partial charge is 0.444 e. The molecule has 0 atom stereocenters. The Morgan fingerprint density at radius 2 is 2.29 bits per heavy atom. The van der Waals surface area contributed by atoms with Gasteiger partial charge in [0.05, 0.1) is 5.56 Å². The molecule has 0 aliphatic carbocycles. The van der Waals surface area contributed by atoms with Gasteiger partial charge in [0, 0.05) is 18.0 Å². The van der Waals surface area contributed by atoms with E-state index in [1.807, 2.05) is 20.8 Å². The number of thiophene rings is 1. The van der Waals surface area contributed by atoms with Crippen LogP contribution in [0.5, 0.6) is 0 Å². The number of hydrogen-bond acceptors (Lipinski definition) is 7. The first-order valence-corrected chi connectivity index (χ1v) is 8.82. The first kappa shape index (κ1) is 16.9. The molecule has 3 rings (SSSR count). The van der Waals surface area contributed by atoms with Crippen LogP contribution in [0.15, 0.2) is 10.8 Å². The van der Waals surface area contributed by atoms with Gasteiger partial charge in [-0.3, -0.25) is 10.2 Å². The van der Waals surface area contributed by atoms with Gasteiger partial charge in [0.1, 0.15) is 10.6 Å². The highest BCUT2D eigenvalue weighted by Crippen LogP contribution is 2.42. The second kappa shape index (κ2) is 6.52. The summed E-state index contributed by atoms with van der Waals surface area (Å²) in [6.07, 6.45) is 1.72. The number of anilines is 1. The first-order valence-electron chi connectivity index (χ1n) is 8.01. The molecule has 2 aromatic heterocycles. The minimum atomic E-state index is -0.551. The first-order chi connectivity index (χ1) is 11.4. The number of carbonyl (C=O) groups is 1. The zero-order valence-corrected chi connectivity index (χ0v) is 15.2. The smallest absolute Gasteiger partial charge is 0.412 e. The molecule has 0 fully saturated rings. The Hall–Kier alpha value is -1.93. The van der Waals surface area contributed by atoms with Crippen molar-refractivity contribution < 1.29 is 13.9 Å². The number of fused-ring (bicyclic) bond motifs is 1. The second-order valence-electron chi connectivity index (χ2n) is 6.70. The molecule has 1 aliphatic rings. The predicted octanol–water partition coefficient (Wildman–Crippen LogP) is 3.52. The maximum absolute atomic E-state index is 12.2. The molecular weight excluding hydrogens is 328 g/mol. The van der Waals surface area contributed by atoms with Crippen molar-refractivity contribution in [2.24, 2.45) is 0 Å². The van der Waals surface area contributed by atoms with Crippen LogP contribution in [-0.4, -0.2) is 39.9 Å². The van der Waals surface area contributed by atoms with E-state index in [4.69, 9.17) is 9.15 Å². The average Bonchev–Trinajstić information content (AvgIpc) is 3.10. The fraction of sp³-hybridized carbons (Fsp3) is 0.562. The van der Waals surface area contributed by atoms with Crippen molar-refractivity contribution in [1.82, 2.24) is 15.1 Å². The molecule has 1 aliphatic heterocycles. The molecule has 24 heavy (non-hydrogen) atoms. The minimum absolute atomic E-state index is 0.434. The van der Waals surface area contributed by atoms with Crippen LogP contribution in [0.1, 0.15) is 38.1 Å². The number of nitrogens with zero attached hydrogens (tertiary/aromatic N) is 3. The number of rotatable bonds is 3. The van der Waals surface area contributed by atoms with Gasteiger partial charge in [0.2, 0.25) is 6.39 Å². The van der Waals surface area contributed by atoms with Gasteiger partial charge >= 0.3 is 6.09 Å². The lowest BCUT2D eigenvalue weighted by molar-refractivity contribution is 0.0636. The summed E-state index contributed by atoms with van der Waals surface area (Å²) in [7, 11) is 0. The third kappa shape index (κ3) is 3.59. The summed E-state index contributed by atoms with van der Waals surface area (Å²) in [5.41, 5.74) is 1.46. The van der Waals surface area contributed by atoms with Gasteiger partial charge in [0.15, 0.2) is 0 Å². The van der Waals surface area contributed by atoms with Crippen molar-refractivity contribution in [3.05, 3.63) is 16.8 Å². The number of carbonyl (C=O) groups excluding carboxylic acids is 1. The van der Waals surface area contributed by atoms with E-state index in [-0.39, 0.29) is 0 Å². The molecule has 2 aromatic rings. The molecule has 0 saturated heterocycles. The molecule has 8 heteroatoms. The molecule has 0 unspecified atom stereocenters. The van der Waals surface area contributed by atoms with Crippen LogP contribution in [0, 0.1) is 0 Å². The molecule has 0 spiro atoms. The van der Waals surface area contributed by atoms with E-state index in [9.17, 15) is 4.79 Å². The summed E-state index contributed by atoms with van der Waals surface area (Å²) in [6.45, 7) is 10.5. The minimum Gasteiger partial charge on any atom is -0.444 e. The highest BCUT2D eigenvalue weighted by atomic mass is 32.1. The Labute approximate surface area is 145 Å².